The first-order valence-electron chi connectivity index (χ1n) is 14.2. The summed E-state index contributed by atoms with van der Waals surface area (Å²) >= 11 is 1.52. The van der Waals surface area contributed by atoms with Crippen molar-refractivity contribution in [1.29, 1.82) is 0 Å². The lowest BCUT2D eigenvalue weighted by Gasteiger charge is -2.27. The molecule has 4 aromatic rings. The second kappa shape index (κ2) is 13.1. The molecule has 1 aromatic heterocycles. The number of aryl methyl sites for hydroxylation is 1. The Labute approximate surface area is 257 Å². The zero-order valence-electron chi connectivity index (χ0n) is 23.6. The first kappa shape index (κ1) is 30.4. The topological polar surface area (TPSA) is 83.0 Å². The minimum Gasteiger partial charge on any atom is -0.379 e. The van der Waals surface area contributed by atoms with Crippen molar-refractivity contribution in [2.45, 2.75) is 31.1 Å². The summed E-state index contributed by atoms with van der Waals surface area (Å²) in [4.78, 5) is 23.1. The maximum Gasteiger partial charge on any atom is 0.264 e. The number of carbonyl (C=O) groups is 1. The van der Waals surface area contributed by atoms with E-state index in [0.29, 0.717) is 30.2 Å². The number of halogens is 1. The van der Waals surface area contributed by atoms with Gasteiger partial charge in [-0.15, -0.1) is 12.4 Å². The van der Waals surface area contributed by atoms with Crippen molar-refractivity contribution in [3.05, 3.63) is 83.4 Å². The number of amides is 1. The van der Waals surface area contributed by atoms with E-state index in [1.807, 2.05) is 36.4 Å². The molecule has 3 heterocycles. The number of thiazole rings is 1. The molecule has 42 heavy (non-hydrogen) atoms. The van der Waals surface area contributed by atoms with Gasteiger partial charge in [0.2, 0.25) is 0 Å². The summed E-state index contributed by atoms with van der Waals surface area (Å²) in [6, 6.07) is 20.1. The van der Waals surface area contributed by atoms with Crippen LogP contribution in [0.2, 0.25) is 0 Å². The molecule has 0 radical (unpaired) electrons. The third kappa shape index (κ3) is 6.05. The van der Waals surface area contributed by atoms with Crippen LogP contribution in [0.15, 0.2) is 71.6 Å². The van der Waals surface area contributed by atoms with E-state index in [1.165, 1.54) is 15.6 Å². The van der Waals surface area contributed by atoms with Gasteiger partial charge in [0, 0.05) is 38.3 Å². The van der Waals surface area contributed by atoms with Gasteiger partial charge in [0.25, 0.3) is 15.9 Å². The molecule has 0 unspecified atom stereocenters. The van der Waals surface area contributed by atoms with E-state index in [0.717, 1.165) is 72.7 Å². The van der Waals surface area contributed by atoms with E-state index in [2.05, 4.69) is 17.9 Å². The number of para-hydroxylation sites is 2. The number of morpholine rings is 1. The van der Waals surface area contributed by atoms with Gasteiger partial charge >= 0.3 is 0 Å². The SMILES string of the molecule is CCc1cccc2sc(N(CCCN3CCOCC3)C(=O)c3ccc(S(=O)(=O)N4CCc5ccccc54)cc3)nc12.Cl. The van der Waals surface area contributed by atoms with E-state index in [9.17, 15) is 13.2 Å². The summed E-state index contributed by atoms with van der Waals surface area (Å²) in [6.07, 6.45) is 2.35. The maximum atomic E-state index is 13.9. The Kier molecular flexibility index (Phi) is 9.49. The lowest BCUT2D eigenvalue weighted by atomic mass is 10.1. The molecule has 0 aliphatic carbocycles. The van der Waals surface area contributed by atoms with Gasteiger partial charge in [-0.3, -0.25) is 18.9 Å². The summed E-state index contributed by atoms with van der Waals surface area (Å²) < 4.78 is 35.0. The van der Waals surface area contributed by atoms with Crippen molar-refractivity contribution in [1.82, 2.24) is 9.88 Å². The number of ether oxygens (including phenoxy) is 1. The number of nitrogens with zero attached hydrogens (tertiary/aromatic N) is 4. The summed E-state index contributed by atoms with van der Waals surface area (Å²) in [5, 5.41) is 0.665. The standard InChI is InChI=1S/C31H34N4O4S2.ClH/c1-2-23-8-5-10-28-29(23)32-31(40-28)34(17-6-16-33-19-21-39-22-20-33)30(36)25-11-13-26(14-12-25)41(37,38)35-18-15-24-7-3-4-9-27(24)35;/h3-5,7-14H,2,6,15-22H2,1H3;1H. The van der Waals surface area contributed by atoms with Gasteiger partial charge in [-0.05, 0) is 66.8 Å². The van der Waals surface area contributed by atoms with E-state index >= 15 is 0 Å². The quantitative estimate of drug-likeness (QED) is 0.247. The molecule has 222 valence electrons. The number of hydrogen-bond acceptors (Lipinski definition) is 7. The van der Waals surface area contributed by atoms with Crippen LogP contribution in [0, 0.1) is 0 Å². The highest BCUT2D eigenvalue weighted by Crippen LogP contribution is 2.34. The molecule has 1 amide bonds. The molecule has 0 spiro atoms. The number of sulfonamides is 1. The first-order valence-corrected chi connectivity index (χ1v) is 16.4. The maximum absolute atomic E-state index is 13.9. The minimum atomic E-state index is -3.74. The summed E-state index contributed by atoms with van der Waals surface area (Å²) in [5.41, 5.74) is 4.28. The fourth-order valence-corrected chi connectivity index (χ4v) is 8.11. The monoisotopic (exact) mass is 626 g/mol. The minimum absolute atomic E-state index is 0. The number of aromatic nitrogens is 1. The number of rotatable bonds is 9. The van der Waals surface area contributed by atoms with Crippen LogP contribution in [0.5, 0.6) is 0 Å². The summed E-state index contributed by atoms with van der Waals surface area (Å²) in [6.45, 7) is 7.16. The van der Waals surface area contributed by atoms with Gasteiger partial charge < -0.3 is 4.74 Å². The molecule has 3 aromatic carbocycles. The molecule has 0 atom stereocenters. The van der Waals surface area contributed by atoms with E-state index in [-0.39, 0.29) is 23.2 Å². The van der Waals surface area contributed by atoms with Gasteiger partial charge in [0.05, 0.1) is 34.0 Å². The normalized spacial score (nSPS) is 15.4. The number of fused-ring (bicyclic) bond motifs is 2. The molecule has 0 saturated carbocycles. The summed E-state index contributed by atoms with van der Waals surface area (Å²) in [7, 11) is -3.74. The van der Waals surface area contributed by atoms with E-state index < -0.39 is 10.0 Å². The average molecular weight is 627 g/mol. The zero-order valence-corrected chi connectivity index (χ0v) is 26.0. The Morgan fingerprint density at radius 1 is 1.00 bits per heavy atom. The molecule has 1 fully saturated rings. The molecule has 1 saturated heterocycles. The third-order valence-electron chi connectivity index (χ3n) is 7.84. The van der Waals surface area contributed by atoms with Crippen molar-refractivity contribution in [2.24, 2.45) is 0 Å². The molecular weight excluding hydrogens is 592 g/mol. The highest BCUT2D eigenvalue weighted by Gasteiger charge is 2.31. The summed E-state index contributed by atoms with van der Waals surface area (Å²) in [5.74, 6) is -0.181. The van der Waals surface area contributed by atoms with E-state index in [4.69, 9.17) is 9.72 Å². The third-order valence-corrected chi connectivity index (χ3v) is 10.7. The van der Waals surface area contributed by atoms with Crippen molar-refractivity contribution >= 4 is 60.7 Å². The van der Waals surface area contributed by atoms with Crippen LogP contribution in [-0.4, -0.2) is 70.1 Å². The highest BCUT2D eigenvalue weighted by molar-refractivity contribution is 7.92. The number of hydrogen-bond donors (Lipinski definition) is 0. The molecule has 6 rings (SSSR count). The molecular formula is C31H35ClN4O4S2. The second-order valence-electron chi connectivity index (χ2n) is 10.4. The van der Waals surface area contributed by atoms with Crippen LogP contribution in [0.25, 0.3) is 10.2 Å². The molecule has 0 N–H and O–H groups in total. The van der Waals surface area contributed by atoms with Gasteiger partial charge in [-0.25, -0.2) is 13.4 Å². The number of carbonyl (C=O) groups excluding carboxylic acids is 1. The molecule has 8 nitrogen and oxygen atoms in total. The van der Waals surface area contributed by atoms with Crippen LogP contribution in [0.3, 0.4) is 0 Å². The lowest BCUT2D eigenvalue weighted by molar-refractivity contribution is 0.0376. The Bertz CT molecular complexity index is 1650. The van der Waals surface area contributed by atoms with Crippen molar-refractivity contribution in [3.63, 3.8) is 0 Å². The predicted molar refractivity (Wildman–Crippen MR) is 171 cm³/mol. The fraction of sp³-hybridized carbons (Fsp3) is 0.355. The van der Waals surface area contributed by atoms with Crippen LogP contribution < -0.4 is 9.21 Å². The smallest absolute Gasteiger partial charge is 0.264 e. The molecule has 2 aliphatic rings. The number of anilines is 2. The zero-order chi connectivity index (χ0) is 28.4. The predicted octanol–water partition coefficient (Wildman–Crippen LogP) is 5.40. The van der Waals surface area contributed by atoms with Crippen molar-refractivity contribution in [3.8, 4) is 0 Å². The van der Waals surface area contributed by atoms with Crippen LogP contribution in [0.1, 0.15) is 34.8 Å². The Hall–Kier alpha value is -3.02. The van der Waals surface area contributed by atoms with E-state index in [1.54, 1.807) is 29.2 Å². The Morgan fingerprint density at radius 3 is 2.52 bits per heavy atom. The van der Waals surface area contributed by atoms with Gasteiger partial charge in [-0.2, -0.15) is 0 Å². The van der Waals surface area contributed by atoms with Gasteiger partial charge in [0.15, 0.2) is 5.13 Å². The average Bonchev–Trinajstić information content (AvgIpc) is 3.65. The molecule has 0 bridgehead atoms. The largest absolute Gasteiger partial charge is 0.379 e. The van der Waals surface area contributed by atoms with Crippen molar-refractivity contribution < 1.29 is 17.9 Å². The van der Waals surface area contributed by atoms with Crippen LogP contribution in [-0.2, 0) is 27.6 Å². The second-order valence-corrected chi connectivity index (χ2v) is 13.2. The Morgan fingerprint density at radius 2 is 1.76 bits per heavy atom. The van der Waals surface area contributed by atoms with Crippen LogP contribution >= 0.6 is 23.7 Å². The number of benzene rings is 3. The first-order chi connectivity index (χ1) is 20.0. The van der Waals surface area contributed by atoms with Gasteiger partial charge in [-0.1, -0.05) is 48.6 Å². The van der Waals surface area contributed by atoms with Crippen molar-refractivity contribution in [2.75, 3.05) is 55.1 Å². The Balaban J connectivity index is 0.00000353. The molecule has 2 aliphatic heterocycles. The lowest BCUT2D eigenvalue weighted by Crippen LogP contribution is -2.39. The van der Waals surface area contributed by atoms with Gasteiger partial charge in [0.1, 0.15) is 0 Å². The fourth-order valence-electron chi connectivity index (χ4n) is 5.57. The van der Waals surface area contributed by atoms with Crippen LogP contribution in [0.4, 0.5) is 10.8 Å². The highest BCUT2D eigenvalue weighted by atomic mass is 35.5. The molecule has 11 heteroatoms.